The van der Waals surface area contributed by atoms with Crippen LogP contribution in [0.3, 0.4) is 0 Å². The molecular formula is C18H19ClN2O6S. The third kappa shape index (κ3) is 4.73. The smallest absolute Gasteiger partial charge is 0.339 e. The molecule has 0 fully saturated rings. The fraction of sp³-hybridized carbons (Fsp3) is 0.222. The van der Waals surface area contributed by atoms with Gasteiger partial charge in [0, 0.05) is 7.05 Å². The van der Waals surface area contributed by atoms with Crippen LogP contribution in [-0.2, 0) is 14.8 Å². The number of esters is 1. The molecule has 0 atom stereocenters. The van der Waals surface area contributed by atoms with Crippen molar-refractivity contribution in [3.05, 3.63) is 52.5 Å². The van der Waals surface area contributed by atoms with Gasteiger partial charge in [0.05, 0.1) is 40.4 Å². The van der Waals surface area contributed by atoms with Crippen LogP contribution in [0.2, 0.25) is 5.02 Å². The molecule has 8 nitrogen and oxygen atoms in total. The summed E-state index contributed by atoms with van der Waals surface area (Å²) in [7, 11) is -1.22. The minimum atomic E-state index is -4.02. The highest BCUT2D eigenvalue weighted by molar-refractivity contribution is 7.92. The van der Waals surface area contributed by atoms with E-state index in [0.717, 1.165) is 0 Å². The maximum absolute atomic E-state index is 12.7. The molecule has 0 unspecified atom stereocenters. The third-order valence-electron chi connectivity index (χ3n) is 3.67. The molecule has 150 valence electrons. The van der Waals surface area contributed by atoms with Crippen molar-refractivity contribution in [1.29, 1.82) is 0 Å². The molecule has 0 spiro atoms. The summed E-state index contributed by atoms with van der Waals surface area (Å²) in [4.78, 5) is 23.6. The predicted octanol–water partition coefficient (Wildman–Crippen LogP) is 2.69. The molecule has 0 heterocycles. The highest BCUT2D eigenvalue weighted by Crippen LogP contribution is 2.26. The number of halogens is 1. The molecule has 0 bridgehead atoms. The summed E-state index contributed by atoms with van der Waals surface area (Å²) >= 11 is 6.05. The Bertz CT molecular complexity index is 1010. The maximum atomic E-state index is 12.7. The highest BCUT2D eigenvalue weighted by atomic mass is 35.5. The third-order valence-corrected chi connectivity index (χ3v) is 5.36. The normalized spacial score (nSPS) is 10.9. The Morgan fingerprint density at radius 1 is 1.11 bits per heavy atom. The summed E-state index contributed by atoms with van der Waals surface area (Å²) in [5, 5.41) is 2.46. The van der Waals surface area contributed by atoms with E-state index in [-0.39, 0.29) is 39.1 Å². The molecule has 0 aromatic heterocycles. The first-order valence-electron chi connectivity index (χ1n) is 8.13. The van der Waals surface area contributed by atoms with Gasteiger partial charge < -0.3 is 14.8 Å². The van der Waals surface area contributed by atoms with Gasteiger partial charge in [-0.05, 0) is 43.3 Å². The number of anilines is 1. The topological polar surface area (TPSA) is 111 Å². The van der Waals surface area contributed by atoms with Gasteiger partial charge in [0.15, 0.2) is 0 Å². The van der Waals surface area contributed by atoms with Gasteiger partial charge in [-0.15, -0.1) is 0 Å². The lowest BCUT2D eigenvalue weighted by molar-refractivity contribution is 0.0526. The Morgan fingerprint density at radius 2 is 1.82 bits per heavy atom. The summed E-state index contributed by atoms with van der Waals surface area (Å²) in [5.41, 5.74) is 0.344. The van der Waals surface area contributed by atoms with Crippen molar-refractivity contribution in [2.24, 2.45) is 0 Å². The van der Waals surface area contributed by atoms with Crippen molar-refractivity contribution < 1.29 is 27.5 Å². The number of carbonyl (C=O) groups is 2. The van der Waals surface area contributed by atoms with Crippen LogP contribution >= 0.6 is 11.6 Å². The Labute approximate surface area is 167 Å². The maximum Gasteiger partial charge on any atom is 0.339 e. The summed E-state index contributed by atoms with van der Waals surface area (Å²) in [6, 6.07) is 7.95. The number of ether oxygens (including phenoxy) is 2. The zero-order valence-corrected chi connectivity index (χ0v) is 17.0. The zero-order valence-electron chi connectivity index (χ0n) is 15.4. The molecule has 1 amide bonds. The first kappa shape index (κ1) is 21.5. The SMILES string of the molecule is CCOC(=O)c1ccc(NS(=O)(=O)c2ccc(OC)c(C(=O)NC)c2)cc1Cl. The van der Waals surface area contributed by atoms with Gasteiger partial charge in [0.2, 0.25) is 0 Å². The van der Waals surface area contributed by atoms with Crippen LogP contribution in [0, 0.1) is 0 Å². The largest absolute Gasteiger partial charge is 0.496 e. The van der Waals surface area contributed by atoms with Crippen molar-refractivity contribution in [2.75, 3.05) is 25.5 Å². The molecule has 0 aliphatic rings. The van der Waals surface area contributed by atoms with Crippen molar-refractivity contribution in [3.8, 4) is 5.75 Å². The second-order valence-corrected chi connectivity index (χ2v) is 7.55. The lowest BCUT2D eigenvalue weighted by Crippen LogP contribution is -2.20. The summed E-state index contributed by atoms with van der Waals surface area (Å²) in [6.07, 6.45) is 0. The van der Waals surface area contributed by atoms with Crippen LogP contribution in [0.5, 0.6) is 5.75 Å². The number of methoxy groups -OCH3 is 1. The van der Waals surface area contributed by atoms with E-state index in [1.54, 1.807) is 6.92 Å². The molecule has 2 rings (SSSR count). The van der Waals surface area contributed by atoms with Crippen molar-refractivity contribution in [3.63, 3.8) is 0 Å². The Morgan fingerprint density at radius 3 is 2.39 bits per heavy atom. The second kappa shape index (κ2) is 8.94. The molecule has 2 aromatic rings. The number of hydrogen-bond acceptors (Lipinski definition) is 6. The van der Waals surface area contributed by atoms with Crippen LogP contribution in [-0.4, -0.2) is 41.1 Å². The number of carbonyl (C=O) groups excluding carboxylic acids is 2. The zero-order chi connectivity index (χ0) is 20.9. The molecule has 0 aliphatic carbocycles. The number of nitrogens with one attached hydrogen (secondary N) is 2. The van der Waals surface area contributed by atoms with Crippen molar-refractivity contribution in [2.45, 2.75) is 11.8 Å². The fourth-order valence-electron chi connectivity index (χ4n) is 2.33. The summed E-state index contributed by atoms with van der Waals surface area (Å²) in [5.74, 6) is -0.858. The Balaban J connectivity index is 2.35. The first-order chi connectivity index (χ1) is 13.2. The van der Waals surface area contributed by atoms with Crippen LogP contribution in [0.4, 0.5) is 5.69 Å². The average Bonchev–Trinajstić information content (AvgIpc) is 2.66. The van der Waals surface area contributed by atoms with Crippen LogP contribution in [0.1, 0.15) is 27.6 Å². The monoisotopic (exact) mass is 426 g/mol. The molecule has 0 radical (unpaired) electrons. The number of sulfonamides is 1. The molecule has 0 saturated carbocycles. The Kier molecular flexibility index (Phi) is 6.87. The van der Waals surface area contributed by atoms with E-state index in [2.05, 4.69) is 10.0 Å². The summed E-state index contributed by atoms with van der Waals surface area (Å²) < 4.78 is 37.7. The number of rotatable bonds is 7. The van der Waals surface area contributed by atoms with E-state index >= 15 is 0 Å². The Hall–Kier alpha value is -2.78. The van der Waals surface area contributed by atoms with Gasteiger partial charge in [-0.25, -0.2) is 13.2 Å². The van der Waals surface area contributed by atoms with E-state index in [0.29, 0.717) is 0 Å². The highest BCUT2D eigenvalue weighted by Gasteiger charge is 2.20. The summed E-state index contributed by atoms with van der Waals surface area (Å²) in [6.45, 7) is 1.85. The van der Waals surface area contributed by atoms with Crippen LogP contribution in [0.25, 0.3) is 0 Å². The quantitative estimate of drug-likeness (QED) is 0.658. The van der Waals surface area contributed by atoms with E-state index in [1.807, 2.05) is 0 Å². The van der Waals surface area contributed by atoms with E-state index in [9.17, 15) is 18.0 Å². The van der Waals surface area contributed by atoms with E-state index in [1.165, 1.54) is 50.6 Å². The van der Waals surface area contributed by atoms with Crippen molar-refractivity contribution in [1.82, 2.24) is 5.32 Å². The van der Waals surface area contributed by atoms with Gasteiger partial charge in [0.1, 0.15) is 5.75 Å². The molecule has 10 heteroatoms. The van der Waals surface area contributed by atoms with Gasteiger partial charge in [-0.2, -0.15) is 0 Å². The van der Waals surface area contributed by atoms with Gasteiger partial charge in [-0.1, -0.05) is 11.6 Å². The van der Waals surface area contributed by atoms with E-state index in [4.69, 9.17) is 21.1 Å². The van der Waals surface area contributed by atoms with Crippen LogP contribution < -0.4 is 14.8 Å². The predicted molar refractivity (Wildman–Crippen MR) is 105 cm³/mol. The fourth-order valence-corrected chi connectivity index (χ4v) is 3.67. The first-order valence-corrected chi connectivity index (χ1v) is 9.99. The molecule has 0 saturated heterocycles. The standard InChI is InChI=1S/C18H19ClN2O6S/c1-4-27-18(23)13-7-5-11(9-15(13)19)21-28(24,25)12-6-8-16(26-3)14(10-12)17(22)20-2/h5-10,21H,4H2,1-3H3,(H,20,22). The number of benzene rings is 2. The minimum Gasteiger partial charge on any atom is -0.496 e. The minimum absolute atomic E-state index is 0.0411. The molecule has 2 N–H and O–H groups in total. The van der Waals surface area contributed by atoms with Gasteiger partial charge >= 0.3 is 5.97 Å². The lowest BCUT2D eigenvalue weighted by Gasteiger charge is -2.12. The lowest BCUT2D eigenvalue weighted by atomic mass is 10.2. The van der Waals surface area contributed by atoms with Crippen LogP contribution in [0.15, 0.2) is 41.3 Å². The molecular weight excluding hydrogens is 408 g/mol. The molecule has 28 heavy (non-hydrogen) atoms. The van der Waals surface area contributed by atoms with E-state index < -0.39 is 21.9 Å². The van der Waals surface area contributed by atoms with Crippen molar-refractivity contribution >= 4 is 39.2 Å². The number of amides is 1. The van der Waals surface area contributed by atoms with Gasteiger partial charge in [-0.3, -0.25) is 9.52 Å². The molecule has 0 aliphatic heterocycles. The second-order valence-electron chi connectivity index (χ2n) is 5.46. The molecule has 2 aromatic carbocycles. The number of hydrogen-bond donors (Lipinski definition) is 2. The average molecular weight is 427 g/mol. The van der Waals surface area contributed by atoms with Gasteiger partial charge in [0.25, 0.3) is 15.9 Å².